The molecule has 14 heavy (non-hydrogen) atoms. The molecule has 0 spiro atoms. The van der Waals surface area contributed by atoms with E-state index < -0.39 is 9.84 Å². The molecule has 0 N–H and O–H groups in total. The number of carbonyl (C=O) groups is 1. The summed E-state index contributed by atoms with van der Waals surface area (Å²) in [6.07, 6.45) is 1.91. The molecule has 0 aromatic rings. The van der Waals surface area contributed by atoms with Gasteiger partial charge in [0.25, 0.3) is 0 Å². The summed E-state index contributed by atoms with van der Waals surface area (Å²) >= 11 is 0. The van der Waals surface area contributed by atoms with E-state index in [-0.39, 0.29) is 23.5 Å². The molecule has 0 aromatic carbocycles. The first-order valence-electron chi connectivity index (χ1n) is 4.92. The average Bonchev–Trinajstić information content (AvgIpc) is 2.45. The van der Waals surface area contributed by atoms with Gasteiger partial charge in [-0.05, 0) is 12.8 Å². The summed E-state index contributed by atoms with van der Waals surface area (Å²) in [5, 5.41) is 0. The normalized spacial score (nSPS) is 24.9. The summed E-state index contributed by atoms with van der Waals surface area (Å²) < 4.78 is 22.4. The van der Waals surface area contributed by atoms with Gasteiger partial charge in [-0.2, -0.15) is 0 Å². The Hall–Kier alpha value is -0.580. The Kier molecular flexibility index (Phi) is 3.53. The first-order chi connectivity index (χ1) is 6.46. The predicted molar refractivity (Wildman–Crippen MR) is 54.7 cm³/mol. The Bertz CT molecular complexity index is 310. The summed E-state index contributed by atoms with van der Waals surface area (Å²) in [6.45, 7) is 1.94. The van der Waals surface area contributed by atoms with Gasteiger partial charge in [0.2, 0.25) is 5.91 Å². The van der Waals surface area contributed by atoms with Gasteiger partial charge in [-0.15, -0.1) is 0 Å². The van der Waals surface area contributed by atoms with Crippen LogP contribution in [0.5, 0.6) is 0 Å². The van der Waals surface area contributed by atoms with Crippen LogP contribution in [0, 0.1) is 0 Å². The zero-order valence-electron chi connectivity index (χ0n) is 8.69. The molecule has 0 unspecified atom stereocenters. The van der Waals surface area contributed by atoms with Crippen LogP contribution in [-0.4, -0.2) is 43.8 Å². The van der Waals surface area contributed by atoms with Crippen molar-refractivity contribution in [3.63, 3.8) is 0 Å². The van der Waals surface area contributed by atoms with Crippen LogP contribution in [0.25, 0.3) is 0 Å². The smallest absolute Gasteiger partial charge is 0.222 e. The van der Waals surface area contributed by atoms with Crippen LogP contribution in [0.15, 0.2) is 0 Å². The fourth-order valence-electron chi connectivity index (χ4n) is 1.67. The molecule has 1 saturated heterocycles. The van der Waals surface area contributed by atoms with Crippen molar-refractivity contribution in [3.05, 3.63) is 0 Å². The van der Waals surface area contributed by atoms with E-state index in [0.717, 1.165) is 6.42 Å². The highest BCUT2D eigenvalue weighted by atomic mass is 32.2. The van der Waals surface area contributed by atoms with Gasteiger partial charge in [0.15, 0.2) is 9.84 Å². The number of amides is 1. The first kappa shape index (κ1) is 11.5. The Morgan fingerprint density at radius 3 is 2.57 bits per heavy atom. The van der Waals surface area contributed by atoms with Crippen molar-refractivity contribution in [3.8, 4) is 0 Å². The molecule has 1 atom stereocenters. The Balaban J connectivity index is 2.55. The molecular weight excluding hydrogens is 202 g/mol. The quantitative estimate of drug-likeness (QED) is 0.691. The summed E-state index contributed by atoms with van der Waals surface area (Å²) in [5.41, 5.74) is 0. The van der Waals surface area contributed by atoms with Crippen LogP contribution in [0.1, 0.15) is 26.2 Å². The maximum Gasteiger partial charge on any atom is 0.222 e. The van der Waals surface area contributed by atoms with Gasteiger partial charge in [-0.25, -0.2) is 8.42 Å². The molecule has 1 aliphatic rings. The first-order valence-corrected chi connectivity index (χ1v) is 6.74. The van der Waals surface area contributed by atoms with E-state index in [4.69, 9.17) is 0 Å². The predicted octanol–water partition coefficient (Wildman–Crippen LogP) is 0.432. The van der Waals surface area contributed by atoms with E-state index in [9.17, 15) is 13.2 Å². The molecule has 1 fully saturated rings. The van der Waals surface area contributed by atoms with Crippen LogP contribution < -0.4 is 0 Å². The molecule has 1 amide bonds. The molecule has 1 aliphatic heterocycles. The van der Waals surface area contributed by atoms with Gasteiger partial charge in [-0.1, -0.05) is 6.92 Å². The minimum absolute atomic E-state index is 0.0506. The highest BCUT2D eigenvalue weighted by Gasteiger charge is 2.32. The zero-order chi connectivity index (χ0) is 10.8. The molecule has 1 heterocycles. The third-order valence-corrected chi connectivity index (χ3v) is 4.36. The summed E-state index contributed by atoms with van der Waals surface area (Å²) in [5.74, 6) is 0.412. The van der Waals surface area contributed by atoms with Crippen molar-refractivity contribution >= 4 is 15.7 Å². The number of sulfone groups is 1. The van der Waals surface area contributed by atoms with Crippen LogP contribution in [0.4, 0.5) is 0 Å². The number of hydrogen-bond acceptors (Lipinski definition) is 3. The minimum atomic E-state index is -2.88. The van der Waals surface area contributed by atoms with Crippen LogP contribution in [0.2, 0.25) is 0 Å². The monoisotopic (exact) mass is 219 g/mol. The fraction of sp³-hybridized carbons (Fsp3) is 0.889. The highest BCUT2D eigenvalue weighted by molar-refractivity contribution is 7.91. The molecule has 82 valence electrons. The zero-order valence-corrected chi connectivity index (χ0v) is 9.51. The summed E-state index contributed by atoms with van der Waals surface area (Å²) in [6, 6.07) is -0.0981. The maximum absolute atomic E-state index is 11.5. The van der Waals surface area contributed by atoms with Gasteiger partial charge >= 0.3 is 0 Å². The van der Waals surface area contributed by atoms with Crippen molar-refractivity contribution in [1.29, 1.82) is 0 Å². The lowest BCUT2D eigenvalue weighted by atomic mass is 10.2. The Labute approximate surface area is 85.2 Å². The van der Waals surface area contributed by atoms with E-state index in [1.165, 1.54) is 0 Å². The van der Waals surface area contributed by atoms with Crippen LogP contribution in [0.3, 0.4) is 0 Å². The summed E-state index contributed by atoms with van der Waals surface area (Å²) in [4.78, 5) is 13.1. The number of carbonyl (C=O) groups excluding carboxylic acids is 1. The largest absolute Gasteiger partial charge is 0.342 e. The van der Waals surface area contributed by atoms with Crippen molar-refractivity contribution in [2.75, 3.05) is 18.6 Å². The molecule has 0 saturated carbocycles. The van der Waals surface area contributed by atoms with Crippen LogP contribution in [-0.2, 0) is 14.6 Å². The molecule has 4 nitrogen and oxygen atoms in total. The highest BCUT2D eigenvalue weighted by Crippen LogP contribution is 2.17. The fourth-order valence-corrected chi connectivity index (χ4v) is 3.45. The van der Waals surface area contributed by atoms with Gasteiger partial charge in [0.1, 0.15) is 0 Å². The number of nitrogens with zero attached hydrogens (tertiary/aromatic N) is 1. The molecule has 0 aliphatic carbocycles. The van der Waals surface area contributed by atoms with Crippen molar-refractivity contribution in [1.82, 2.24) is 4.90 Å². The van der Waals surface area contributed by atoms with E-state index >= 15 is 0 Å². The average molecular weight is 219 g/mol. The van der Waals surface area contributed by atoms with Gasteiger partial charge in [0, 0.05) is 19.5 Å². The van der Waals surface area contributed by atoms with E-state index in [1.54, 1.807) is 11.9 Å². The van der Waals surface area contributed by atoms with E-state index in [2.05, 4.69) is 0 Å². The van der Waals surface area contributed by atoms with E-state index in [0.29, 0.717) is 12.8 Å². The van der Waals surface area contributed by atoms with Crippen molar-refractivity contribution in [2.45, 2.75) is 32.2 Å². The van der Waals surface area contributed by atoms with Gasteiger partial charge < -0.3 is 4.90 Å². The second-order valence-electron chi connectivity index (χ2n) is 3.81. The standard InChI is InChI=1S/C9H17NO3S/c1-3-4-9(11)10(2)8-5-6-14(12,13)7-8/h8H,3-7H2,1-2H3/t8-/m0/s1. The van der Waals surface area contributed by atoms with Crippen LogP contribution >= 0.6 is 0 Å². The minimum Gasteiger partial charge on any atom is -0.342 e. The molecule has 1 rings (SSSR count). The molecule has 0 radical (unpaired) electrons. The van der Waals surface area contributed by atoms with Gasteiger partial charge in [-0.3, -0.25) is 4.79 Å². The Morgan fingerprint density at radius 1 is 1.50 bits per heavy atom. The lowest BCUT2D eigenvalue weighted by molar-refractivity contribution is -0.131. The lowest BCUT2D eigenvalue weighted by Crippen LogP contribution is -2.37. The molecule has 5 heteroatoms. The number of rotatable bonds is 3. The third-order valence-electron chi connectivity index (χ3n) is 2.61. The van der Waals surface area contributed by atoms with Crippen molar-refractivity contribution in [2.24, 2.45) is 0 Å². The Morgan fingerprint density at radius 2 is 2.14 bits per heavy atom. The SMILES string of the molecule is CCCC(=O)N(C)[C@H]1CCS(=O)(=O)C1. The second kappa shape index (κ2) is 4.29. The number of hydrogen-bond donors (Lipinski definition) is 0. The van der Waals surface area contributed by atoms with Gasteiger partial charge in [0.05, 0.1) is 11.5 Å². The molecular formula is C9H17NO3S. The lowest BCUT2D eigenvalue weighted by Gasteiger charge is -2.23. The molecule has 0 bridgehead atoms. The summed E-state index contributed by atoms with van der Waals surface area (Å²) in [7, 11) is -1.18. The third kappa shape index (κ3) is 2.70. The van der Waals surface area contributed by atoms with Crippen molar-refractivity contribution < 1.29 is 13.2 Å². The second-order valence-corrected chi connectivity index (χ2v) is 6.04. The molecule has 0 aromatic heterocycles. The topological polar surface area (TPSA) is 54.5 Å². The van der Waals surface area contributed by atoms with E-state index in [1.807, 2.05) is 6.92 Å². The maximum atomic E-state index is 11.5.